The van der Waals surface area contributed by atoms with Crippen molar-refractivity contribution < 1.29 is 18.9 Å². The van der Waals surface area contributed by atoms with Crippen LogP contribution in [0.3, 0.4) is 0 Å². The molecule has 0 aromatic heterocycles. The predicted molar refractivity (Wildman–Crippen MR) is 149 cm³/mol. The monoisotopic (exact) mass is 496 g/mol. The minimum Gasteiger partial charge on any atom is -0.493 e. The normalized spacial score (nSPS) is 11.4. The van der Waals surface area contributed by atoms with Gasteiger partial charge in [-0.1, -0.05) is 50.3 Å². The maximum absolute atomic E-state index is 5.58. The Balaban J connectivity index is 1.67. The molecule has 0 atom stereocenters. The number of methoxy groups -OCH3 is 4. The Kier molecular flexibility index (Phi) is 13.5. The standard InChI is InChI=1S/C30H44N2O4/c1-7-25-23(13-15-27(33-3)29(25)35-5)17-21-31-19-11-9-10-12-20-32-22-18-24-14-16-28(34-4)30(36-6)26(24)8-2/h9-16,31-32H,7-8,17-22H2,1-6H3/b11-9+,12-10+. The van der Waals surface area contributed by atoms with Crippen LogP contribution in [0.1, 0.15) is 36.1 Å². The zero-order chi connectivity index (χ0) is 26.2. The van der Waals surface area contributed by atoms with Crippen molar-refractivity contribution in [3.8, 4) is 23.0 Å². The minimum absolute atomic E-state index is 0.793. The van der Waals surface area contributed by atoms with Crippen molar-refractivity contribution in [2.24, 2.45) is 0 Å². The van der Waals surface area contributed by atoms with Gasteiger partial charge < -0.3 is 29.6 Å². The average molecular weight is 497 g/mol. The lowest BCUT2D eigenvalue weighted by atomic mass is 10.0. The largest absolute Gasteiger partial charge is 0.493 e. The molecule has 0 saturated heterocycles. The Morgan fingerprint density at radius 3 is 1.36 bits per heavy atom. The lowest BCUT2D eigenvalue weighted by Gasteiger charge is -2.16. The Labute approximate surface area is 217 Å². The lowest BCUT2D eigenvalue weighted by molar-refractivity contribution is 0.351. The highest BCUT2D eigenvalue weighted by Gasteiger charge is 2.14. The summed E-state index contributed by atoms with van der Waals surface area (Å²) in [4.78, 5) is 0. The second-order valence-electron chi connectivity index (χ2n) is 8.35. The summed E-state index contributed by atoms with van der Waals surface area (Å²) < 4.78 is 22.0. The first-order valence-electron chi connectivity index (χ1n) is 12.8. The van der Waals surface area contributed by atoms with E-state index in [9.17, 15) is 0 Å². The summed E-state index contributed by atoms with van der Waals surface area (Å²) in [5.41, 5.74) is 5.05. The molecule has 0 aliphatic heterocycles. The first-order valence-corrected chi connectivity index (χ1v) is 12.8. The third-order valence-corrected chi connectivity index (χ3v) is 6.25. The molecule has 198 valence electrons. The van der Waals surface area contributed by atoms with Crippen LogP contribution in [-0.2, 0) is 25.7 Å². The summed E-state index contributed by atoms with van der Waals surface area (Å²) in [5.74, 6) is 3.29. The molecule has 0 spiro atoms. The van der Waals surface area contributed by atoms with Gasteiger partial charge in [-0.25, -0.2) is 0 Å². The van der Waals surface area contributed by atoms with E-state index in [1.165, 1.54) is 22.3 Å². The molecule has 0 fully saturated rings. The Hall–Kier alpha value is -2.96. The molecular formula is C30H44N2O4. The molecule has 2 N–H and O–H groups in total. The smallest absolute Gasteiger partial charge is 0.164 e. The third kappa shape index (κ3) is 8.32. The van der Waals surface area contributed by atoms with Crippen LogP contribution in [0, 0.1) is 0 Å². The van der Waals surface area contributed by atoms with Gasteiger partial charge in [0.25, 0.3) is 0 Å². The number of nitrogens with one attached hydrogen (secondary N) is 2. The van der Waals surface area contributed by atoms with Crippen LogP contribution in [0.5, 0.6) is 23.0 Å². The molecule has 2 aromatic carbocycles. The highest BCUT2D eigenvalue weighted by atomic mass is 16.5. The molecule has 0 aliphatic carbocycles. The summed E-state index contributed by atoms with van der Waals surface area (Å²) >= 11 is 0. The van der Waals surface area contributed by atoms with Gasteiger partial charge >= 0.3 is 0 Å². The van der Waals surface area contributed by atoms with Crippen molar-refractivity contribution >= 4 is 0 Å². The van der Waals surface area contributed by atoms with Crippen LogP contribution >= 0.6 is 0 Å². The second-order valence-corrected chi connectivity index (χ2v) is 8.35. The van der Waals surface area contributed by atoms with Gasteiger partial charge in [0.2, 0.25) is 0 Å². The van der Waals surface area contributed by atoms with E-state index < -0.39 is 0 Å². The average Bonchev–Trinajstić information content (AvgIpc) is 2.92. The molecule has 2 aromatic rings. The van der Waals surface area contributed by atoms with E-state index in [0.717, 1.165) is 74.9 Å². The number of hydrogen-bond acceptors (Lipinski definition) is 6. The van der Waals surface area contributed by atoms with Crippen LogP contribution in [0.2, 0.25) is 0 Å². The molecule has 6 heteroatoms. The number of rotatable bonds is 17. The highest BCUT2D eigenvalue weighted by Crippen LogP contribution is 2.35. The van der Waals surface area contributed by atoms with E-state index in [0.29, 0.717) is 0 Å². The SMILES string of the molecule is CCc1c(CCNC/C=C/C=C/CNCCc2ccc(OC)c(OC)c2CC)ccc(OC)c1OC. The van der Waals surface area contributed by atoms with E-state index in [1.54, 1.807) is 28.4 Å². The summed E-state index contributed by atoms with van der Waals surface area (Å²) in [6, 6.07) is 8.26. The van der Waals surface area contributed by atoms with Crippen molar-refractivity contribution in [2.75, 3.05) is 54.6 Å². The fraction of sp³-hybridized carbons (Fsp3) is 0.467. The fourth-order valence-electron chi connectivity index (χ4n) is 4.42. The number of benzene rings is 2. The fourth-order valence-corrected chi connectivity index (χ4v) is 4.42. The first-order chi connectivity index (χ1) is 17.6. The van der Waals surface area contributed by atoms with Crippen molar-refractivity contribution in [1.29, 1.82) is 0 Å². The van der Waals surface area contributed by atoms with Gasteiger partial charge in [-0.2, -0.15) is 0 Å². The van der Waals surface area contributed by atoms with Gasteiger partial charge in [-0.05, 0) is 62.0 Å². The second kappa shape index (κ2) is 16.7. The topological polar surface area (TPSA) is 61.0 Å². The van der Waals surface area contributed by atoms with Crippen molar-refractivity contribution in [3.63, 3.8) is 0 Å². The van der Waals surface area contributed by atoms with Gasteiger partial charge in [0.15, 0.2) is 23.0 Å². The van der Waals surface area contributed by atoms with Crippen LogP contribution in [0.4, 0.5) is 0 Å². The van der Waals surface area contributed by atoms with Crippen molar-refractivity contribution in [3.05, 3.63) is 70.8 Å². The minimum atomic E-state index is 0.793. The summed E-state index contributed by atoms with van der Waals surface area (Å²) in [5, 5.41) is 6.96. The molecule has 0 heterocycles. The summed E-state index contributed by atoms with van der Waals surface area (Å²) in [7, 11) is 6.76. The molecule has 0 aliphatic rings. The van der Waals surface area contributed by atoms with Gasteiger partial charge in [0, 0.05) is 24.2 Å². The maximum atomic E-state index is 5.58. The maximum Gasteiger partial charge on any atom is 0.164 e. The molecule has 0 amide bonds. The number of hydrogen-bond donors (Lipinski definition) is 2. The molecule has 0 unspecified atom stereocenters. The number of ether oxygens (including phenoxy) is 4. The highest BCUT2D eigenvalue weighted by molar-refractivity contribution is 5.51. The summed E-state index contributed by atoms with van der Waals surface area (Å²) in [6.07, 6.45) is 12.2. The number of allylic oxidation sites excluding steroid dienone is 2. The molecule has 36 heavy (non-hydrogen) atoms. The van der Waals surface area contributed by atoms with Gasteiger partial charge in [0.1, 0.15) is 0 Å². The van der Waals surface area contributed by atoms with Crippen molar-refractivity contribution in [1.82, 2.24) is 10.6 Å². The van der Waals surface area contributed by atoms with Gasteiger partial charge in [-0.15, -0.1) is 0 Å². The zero-order valence-corrected chi connectivity index (χ0v) is 22.9. The van der Waals surface area contributed by atoms with Crippen LogP contribution < -0.4 is 29.6 Å². The first kappa shape index (κ1) is 29.3. The molecule has 0 bridgehead atoms. The van der Waals surface area contributed by atoms with Crippen LogP contribution in [0.15, 0.2) is 48.6 Å². The van der Waals surface area contributed by atoms with Gasteiger partial charge in [-0.3, -0.25) is 0 Å². The Bertz CT molecular complexity index is 906. The van der Waals surface area contributed by atoms with E-state index in [4.69, 9.17) is 18.9 Å². The van der Waals surface area contributed by atoms with Crippen molar-refractivity contribution in [2.45, 2.75) is 39.5 Å². The van der Waals surface area contributed by atoms with Crippen LogP contribution in [-0.4, -0.2) is 54.6 Å². The van der Waals surface area contributed by atoms with E-state index in [2.05, 4.69) is 60.9 Å². The van der Waals surface area contributed by atoms with E-state index in [1.807, 2.05) is 12.1 Å². The molecule has 0 saturated carbocycles. The molecule has 6 nitrogen and oxygen atoms in total. The van der Waals surface area contributed by atoms with Crippen LogP contribution in [0.25, 0.3) is 0 Å². The summed E-state index contributed by atoms with van der Waals surface area (Å²) in [6.45, 7) is 7.80. The third-order valence-electron chi connectivity index (χ3n) is 6.25. The molecular weight excluding hydrogens is 452 g/mol. The molecule has 0 radical (unpaired) electrons. The van der Waals surface area contributed by atoms with E-state index in [-0.39, 0.29) is 0 Å². The lowest BCUT2D eigenvalue weighted by Crippen LogP contribution is -2.18. The zero-order valence-electron chi connectivity index (χ0n) is 22.9. The quantitative estimate of drug-likeness (QED) is 0.239. The Morgan fingerprint density at radius 2 is 1.03 bits per heavy atom. The predicted octanol–water partition coefficient (Wildman–Crippen LogP) is 4.92. The Morgan fingerprint density at radius 1 is 0.611 bits per heavy atom. The molecule has 2 rings (SSSR count). The van der Waals surface area contributed by atoms with Gasteiger partial charge in [0.05, 0.1) is 28.4 Å². The van der Waals surface area contributed by atoms with E-state index >= 15 is 0 Å².